The van der Waals surface area contributed by atoms with Crippen LogP contribution in [0.1, 0.15) is 51.9 Å². The molecule has 1 fully saturated rings. The van der Waals surface area contributed by atoms with Crippen molar-refractivity contribution in [3.63, 3.8) is 0 Å². The zero-order valence-electron chi connectivity index (χ0n) is 16.5. The Hall–Kier alpha value is -2.48. The molecule has 0 radical (unpaired) electrons. The van der Waals surface area contributed by atoms with Crippen LogP contribution in [-0.4, -0.2) is 23.4 Å². The van der Waals surface area contributed by atoms with Gasteiger partial charge >= 0.3 is 0 Å². The van der Waals surface area contributed by atoms with E-state index in [2.05, 4.69) is 15.6 Å². The summed E-state index contributed by atoms with van der Waals surface area (Å²) in [4.78, 5) is 29.5. The van der Waals surface area contributed by atoms with Gasteiger partial charge in [0.2, 0.25) is 11.8 Å². The van der Waals surface area contributed by atoms with Gasteiger partial charge in [0.15, 0.2) is 5.13 Å². The lowest BCUT2D eigenvalue weighted by molar-refractivity contribution is -0.122. The summed E-state index contributed by atoms with van der Waals surface area (Å²) in [5.41, 5.74) is 0.0617. The molecule has 1 aromatic carbocycles. The van der Waals surface area contributed by atoms with Crippen LogP contribution in [0.15, 0.2) is 29.8 Å². The highest BCUT2D eigenvalue weighted by molar-refractivity contribution is 7.13. The highest BCUT2D eigenvalue weighted by atomic mass is 32.1. The summed E-state index contributed by atoms with van der Waals surface area (Å²) in [5, 5.41) is 8.04. The average molecular weight is 420 g/mol. The van der Waals surface area contributed by atoms with Gasteiger partial charge in [-0.2, -0.15) is 0 Å². The fraction of sp³-hybridized carbons (Fsp3) is 0.476. The molecular formula is C21H26FN3O3S. The van der Waals surface area contributed by atoms with Crippen LogP contribution in [0.5, 0.6) is 5.75 Å². The minimum atomic E-state index is -0.422. The molecule has 6 nitrogen and oxygen atoms in total. The van der Waals surface area contributed by atoms with Crippen LogP contribution in [0.2, 0.25) is 0 Å². The molecule has 0 bridgehead atoms. The Morgan fingerprint density at radius 2 is 1.90 bits per heavy atom. The van der Waals surface area contributed by atoms with Crippen molar-refractivity contribution >= 4 is 34.0 Å². The monoisotopic (exact) mass is 419 g/mol. The smallest absolute Gasteiger partial charge is 0.226 e. The van der Waals surface area contributed by atoms with Crippen LogP contribution in [-0.2, 0) is 9.59 Å². The minimum Gasteiger partial charge on any atom is -0.492 e. The fourth-order valence-corrected chi connectivity index (χ4v) is 4.46. The Morgan fingerprint density at radius 1 is 1.17 bits per heavy atom. The molecule has 0 unspecified atom stereocenters. The largest absolute Gasteiger partial charge is 0.492 e. The standard InChI is InChI=1S/C21H26FN3O3S/c1-2-28-17-12-15(22)6-7-16(17)24-18(26)13-21(8-4-3-5-9-21)14-19(27)25-20-23-10-11-29-20/h6-7,10-12H,2-5,8-9,13-14H2,1H3,(H,24,26)(H,23,25,27). The number of carbonyl (C=O) groups excluding carboxylic acids is 2. The number of amides is 2. The number of hydrogen-bond donors (Lipinski definition) is 2. The average Bonchev–Trinajstić information content (AvgIpc) is 3.17. The van der Waals surface area contributed by atoms with Crippen molar-refractivity contribution in [2.45, 2.75) is 51.9 Å². The second-order valence-electron chi connectivity index (χ2n) is 7.42. The predicted molar refractivity (Wildman–Crippen MR) is 112 cm³/mol. The van der Waals surface area contributed by atoms with E-state index in [1.54, 1.807) is 18.5 Å². The number of rotatable bonds is 8. The number of anilines is 2. The Morgan fingerprint density at radius 3 is 2.55 bits per heavy atom. The molecule has 0 aliphatic heterocycles. The summed E-state index contributed by atoms with van der Waals surface area (Å²) in [6, 6.07) is 4.05. The van der Waals surface area contributed by atoms with E-state index in [0.717, 1.165) is 32.1 Å². The van der Waals surface area contributed by atoms with E-state index in [1.807, 2.05) is 0 Å². The van der Waals surface area contributed by atoms with Gasteiger partial charge in [-0.25, -0.2) is 9.37 Å². The molecule has 0 spiro atoms. The third kappa shape index (κ3) is 6.00. The second-order valence-corrected chi connectivity index (χ2v) is 8.32. The maximum Gasteiger partial charge on any atom is 0.226 e. The first kappa shape index (κ1) is 21.2. The molecule has 8 heteroatoms. The third-order valence-corrected chi connectivity index (χ3v) is 5.87. The maximum atomic E-state index is 13.5. The predicted octanol–water partition coefficient (Wildman–Crippen LogP) is 4.99. The Balaban J connectivity index is 1.68. The molecule has 1 aliphatic rings. The van der Waals surface area contributed by atoms with Crippen molar-refractivity contribution in [2.24, 2.45) is 5.41 Å². The van der Waals surface area contributed by atoms with E-state index in [9.17, 15) is 14.0 Å². The van der Waals surface area contributed by atoms with E-state index in [1.165, 1.54) is 29.5 Å². The van der Waals surface area contributed by atoms with Crippen LogP contribution in [0.4, 0.5) is 15.2 Å². The SMILES string of the molecule is CCOc1cc(F)ccc1NC(=O)CC1(CC(=O)Nc2nccs2)CCCCC1. The van der Waals surface area contributed by atoms with E-state index >= 15 is 0 Å². The number of benzene rings is 1. The lowest BCUT2D eigenvalue weighted by atomic mass is 9.69. The molecular weight excluding hydrogens is 393 g/mol. The number of nitrogens with one attached hydrogen (secondary N) is 2. The van der Waals surface area contributed by atoms with Crippen molar-refractivity contribution in [3.05, 3.63) is 35.6 Å². The van der Waals surface area contributed by atoms with E-state index in [-0.39, 0.29) is 30.1 Å². The van der Waals surface area contributed by atoms with E-state index in [0.29, 0.717) is 23.2 Å². The van der Waals surface area contributed by atoms with Gasteiger partial charge < -0.3 is 15.4 Å². The van der Waals surface area contributed by atoms with Gasteiger partial charge in [-0.05, 0) is 37.3 Å². The molecule has 1 aliphatic carbocycles. The summed E-state index contributed by atoms with van der Waals surface area (Å²) < 4.78 is 18.9. The highest BCUT2D eigenvalue weighted by Crippen LogP contribution is 2.43. The van der Waals surface area contributed by atoms with Gasteiger partial charge in [0.05, 0.1) is 12.3 Å². The molecule has 2 N–H and O–H groups in total. The van der Waals surface area contributed by atoms with Crippen LogP contribution in [0, 0.1) is 11.2 Å². The Bertz CT molecular complexity index is 836. The topological polar surface area (TPSA) is 80.3 Å². The normalized spacial score (nSPS) is 15.5. The third-order valence-electron chi connectivity index (χ3n) is 5.18. The van der Waals surface area contributed by atoms with Gasteiger partial charge in [-0.3, -0.25) is 9.59 Å². The van der Waals surface area contributed by atoms with Gasteiger partial charge in [0.1, 0.15) is 11.6 Å². The van der Waals surface area contributed by atoms with Gasteiger partial charge in [-0.15, -0.1) is 11.3 Å². The number of aromatic nitrogens is 1. The maximum absolute atomic E-state index is 13.5. The molecule has 3 rings (SSSR count). The molecule has 156 valence electrons. The van der Waals surface area contributed by atoms with Crippen LogP contribution >= 0.6 is 11.3 Å². The number of nitrogens with zero attached hydrogens (tertiary/aromatic N) is 1. The molecule has 2 aromatic rings. The minimum absolute atomic E-state index is 0.119. The Labute approximate surface area is 173 Å². The second kappa shape index (κ2) is 9.82. The number of carbonyl (C=O) groups is 2. The van der Waals surface area contributed by atoms with Gasteiger partial charge in [-0.1, -0.05) is 19.3 Å². The number of hydrogen-bond acceptors (Lipinski definition) is 5. The van der Waals surface area contributed by atoms with Crippen molar-refractivity contribution in [1.29, 1.82) is 0 Å². The summed E-state index contributed by atoms with van der Waals surface area (Å²) >= 11 is 1.37. The first-order valence-electron chi connectivity index (χ1n) is 9.91. The fourth-order valence-electron chi connectivity index (χ4n) is 3.92. The van der Waals surface area contributed by atoms with Crippen molar-refractivity contribution in [1.82, 2.24) is 4.98 Å². The van der Waals surface area contributed by atoms with Crippen molar-refractivity contribution in [3.8, 4) is 5.75 Å². The van der Waals surface area contributed by atoms with Crippen LogP contribution in [0.3, 0.4) is 0 Å². The summed E-state index contributed by atoms with van der Waals surface area (Å²) in [6.45, 7) is 2.17. The lowest BCUT2D eigenvalue weighted by Crippen LogP contribution is -2.34. The van der Waals surface area contributed by atoms with E-state index in [4.69, 9.17) is 4.74 Å². The van der Waals surface area contributed by atoms with Gasteiger partial charge in [0, 0.05) is 30.5 Å². The first-order valence-corrected chi connectivity index (χ1v) is 10.8. The molecule has 1 saturated carbocycles. The van der Waals surface area contributed by atoms with Crippen LogP contribution in [0.25, 0.3) is 0 Å². The summed E-state index contributed by atoms with van der Waals surface area (Å²) in [5.74, 6) is -0.429. The van der Waals surface area contributed by atoms with Gasteiger partial charge in [0.25, 0.3) is 0 Å². The van der Waals surface area contributed by atoms with Crippen molar-refractivity contribution in [2.75, 3.05) is 17.2 Å². The zero-order chi connectivity index (χ0) is 20.7. The van der Waals surface area contributed by atoms with E-state index < -0.39 is 5.82 Å². The summed E-state index contributed by atoms with van der Waals surface area (Å²) in [7, 11) is 0. The van der Waals surface area contributed by atoms with Crippen molar-refractivity contribution < 1.29 is 18.7 Å². The lowest BCUT2D eigenvalue weighted by Gasteiger charge is -2.36. The van der Waals surface area contributed by atoms with Crippen LogP contribution < -0.4 is 15.4 Å². The number of thiazole rings is 1. The number of ether oxygens (including phenoxy) is 1. The molecule has 0 atom stereocenters. The molecule has 1 aromatic heterocycles. The summed E-state index contributed by atoms with van der Waals surface area (Å²) in [6.07, 6.45) is 6.92. The Kier molecular flexibility index (Phi) is 7.19. The highest BCUT2D eigenvalue weighted by Gasteiger charge is 2.36. The molecule has 2 amide bonds. The molecule has 29 heavy (non-hydrogen) atoms. The first-order chi connectivity index (χ1) is 14.0. The molecule has 1 heterocycles. The molecule has 0 saturated heterocycles. The zero-order valence-corrected chi connectivity index (χ0v) is 17.3. The quantitative estimate of drug-likeness (QED) is 0.632. The number of halogens is 1.